The third-order valence-corrected chi connectivity index (χ3v) is 5.08. The lowest BCUT2D eigenvalue weighted by Gasteiger charge is -2.21. The highest BCUT2D eigenvalue weighted by molar-refractivity contribution is 6.04. The lowest BCUT2D eigenvalue weighted by atomic mass is 10.1. The van der Waals surface area contributed by atoms with Gasteiger partial charge in [0, 0.05) is 13.1 Å². The Kier molecular flexibility index (Phi) is 6.34. The van der Waals surface area contributed by atoms with Crippen LogP contribution in [0.4, 0.5) is 5.69 Å². The van der Waals surface area contributed by atoms with Gasteiger partial charge in [0.05, 0.1) is 11.3 Å². The van der Waals surface area contributed by atoms with Gasteiger partial charge in [-0.15, -0.1) is 0 Å². The number of para-hydroxylation sites is 1. The van der Waals surface area contributed by atoms with Crippen LogP contribution in [0.5, 0.6) is 5.75 Å². The Labute approximate surface area is 166 Å². The van der Waals surface area contributed by atoms with Crippen molar-refractivity contribution in [3.8, 4) is 5.75 Å². The van der Waals surface area contributed by atoms with Crippen molar-refractivity contribution in [2.24, 2.45) is 0 Å². The minimum Gasteiger partial charge on any atom is -0.480 e. The monoisotopic (exact) mass is 380 g/mol. The first-order valence-corrected chi connectivity index (χ1v) is 9.92. The van der Waals surface area contributed by atoms with E-state index in [9.17, 15) is 9.59 Å². The summed E-state index contributed by atoms with van der Waals surface area (Å²) in [7, 11) is 0. The standard InChI is InChI=1S/C23H28N2O3/c1-4-20(28-21-15-16(2)11-12-17(21)3)22(26)24-19-10-6-5-9-18(19)23(27)25-13-7-8-14-25/h5-6,9-12,15,20H,4,7-8,13-14H2,1-3H3,(H,24,26)/t20-/m1/s1. The van der Waals surface area contributed by atoms with Crippen molar-refractivity contribution in [1.29, 1.82) is 0 Å². The Morgan fingerprint density at radius 2 is 1.82 bits per heavy atom. The fourth-order valence-electron chi connectivity index (χ4n) is 3.39. The molecule has 5 nitrogen and oxygen atoms in total. The number of amides is 2. The summed E-state index contributed by atoms with van der Waals surface area (Å²) in [5, 5.41) is 2.91. The first-order valence-electron chi connectivity index (χ1n) is 9.92. The van der Waals surface area contributed by atoms with E-state index in [0.29, 0.717) is 23.4 Å². The van der Waals surface area contributed by atoms with Gasteiger partial charge in [-0.25, -0.2) is 0 Å². The second kappa shape index (κ2) is 8.91. The van der Waals surface area contributed by atoms with Gasteiger partial charge in [0.25, 0.3) is 11.8 Å². The van der Waals surface area contributed by atoms with E-state index in [4.69, 9.17) is 4.74 Å². The number of carbonyl (C=O) groups is 2. The molecule has 1 aliphatic rings. The zero-order valence-corrected chi connectivity index (χ0v) is 16.8. The second-order valence-electron chi connectivity index (χ2n) is 7.32. The van der Waals surface area contributed by atoms with Crippen LogP contribution in [0.2, 0.25) is 0 Å². The molecule has 0 unspecified atom stereocenters. The first kappa shape index (κ1) is 19.9. The number of rotatable bonds is 6. The summed E-state index contributed by atoms with van der Waals surface area (Å²) in [5.41, 5.74) is 3.13. The average molecular weight is 380 g/mol. The smallest absolute Gasteiger partial charge is 0.265 e. The van der Waals surface area contributed by atoms with Gasteiger partial charge in [-0.3, -0.25) is 9.59 Å². The van der Waals surface area contributed by atoms with E-state index in [1.807, 2.05) is 56.0 Å². The highest BCUT2D eigenvalue weighted by Gasteiger charge is 2.24. The topological polar surface area (TPSA) is 58.6 Å². The number of likely N-dealkylation sites (tertiary alicyclic amines) is 1. The Balaban J connectivity index is 1.76. The Morgan fingerprint density at radius 1 is 1.11 bits per heavy atom. The minimum atomic E-state index is -0.629. The molecule has 0 saturated carbocycles. The molecule has 3 rings (SSSR count). The summed E-state index contributed by atoms with van der Waals surface area (Å²) in [5.74, 6) is 0.436. The molecule has 0 aromatic heterocycles. The van der Waals surface area contributed by atoms with Crippen LogP contribution in [0.1, 0.15) is 47.7 Å². The summed E-state index contributed by atoms with van der Waals surface area (Å²) in [4.78, 5) is 27.5. The van der Waals surface area contributed by atoms with Crippen molar-refractivity contribution in [1.82, 2.24) is 4.90 Å². The van der Waals surface area contributed by atoms with Gasteiger partial charge in [-0.2, -0.15) is 0 Å². The molecule has 1 N–H and O–H groups in total. The quantitative estimate of drug-likeness (QED) is 0.811. The van der Waals surface area contributed by atoms with Crippen molar-refractivity contribution in [3.63, 3.8) is 0 Å². The maximum absolute atomic E-state index is 12.9. The summed E-state index contributed by atoms with van der Waals surface area (Å²) >= 11 is 0. The Morgan fingerprint density at radius 3 is 2.54 bits per heavy atom. The molecule has 0 aliphatic carbocycles. The van der Waals surface area contributed by atoms with Crippen LogP contribution < -0.4 is 10.1 Å². The molecule has 0 spiro atoms. The van der Waals surface area contributed by atoms with Gasteiger partial charge in [0.15, 0.2) is 6.10 Å². The van der Waals surface area contributed by atoms with Crippen LogP contribution >= 0.6 is 0 Å². The van der Waals surface area contributed by atoms with E-state index >= 15 is 0 Å². The molecule has 0 radical (unpaired) electrons. The molecule has 0 bridgehead atoms. The highest BCUT2D eigenvalue weighted by atomic mass is 16.5. The van der Waals surface area contributed by atoms with Crippen LogP contribution in [0.15, 0.2) is 42.5 Å². The lowest BCUT2D eigenvalue weighted by Crippen LogP contribution is -2.34. The molecular weight excluding hydrogens is 352 g/mol. The number of ether oxygens (including phenoxy) is 1. The van der Waals surface area contributed by atoms with Crippen LogP contribution in [0, 0.1) is 13.8 Å². The molecule has 1 aliphatic heterocycles. The number of benzene rings is 2. The van der Waals surface area contributed by atoms with Crippen LogP contribution in [-0.4, -0.2) is 35.9 Å². The molecule has 1 heterocycles. The van der Waals surface area contributed by atoms with Gasteiger partial charge in [-0.05, 0) is 62.4 Å². The molecule has 148 valence electrons. The molecule has 1 fully saturated rings. The molecule has 2 aromatic carbocycles. The predicted molar refractivity (Wildman–Crippen MR) is 111 cm³/mol. The minimum absolute atomic E-state index is 0.0307. The zero-order chi connectivity index (χ0) is 20.1. The number of nitrogens with one attached hydrogen (secondary N) is 1. The third kappa shape index (κ3) is 4.53. The number of nitrogens with zero attached hydrogens (tertiary/aromatic N) is 1. The average Bonchev–Trinajstić information content (AvgIpc) is 3.23. The maximum Gasteiger partial charge on any atom is 0.265 e. The summed E-state index contributed by atoms with van der Waals surface area (Å²) in [6.07, 6.45) is 1.96. The lowest BCUT2D eigenvalue weighted by molar-refractivity contribution is -0.122. The molecule has 1 atom stereocenters. The van der Waals surface area contributed by atoms with Gasteiger partial charge in [0.1, 0.15) is 5.75 Å². The number of hydrogen-bond donors (Lipinski definition) is 1. The van der Waals surface area contributed by atoms with Gasteiger partial charge < -0.3 is 15.0 Å². The maximum atomic E-state index is 12.9. The van der Waals surface area contributed by atoms with Crippen molar-refractivity contribution in [2.45, 2.75) is 46.1 Å². The summed E-state index contributed by atoms with van der Waals surface area (Å²) in [6.45, 7) is 7.41. The molecule has 28 heavy (non-hydrogen) atoms. The number of aryl methyl sites for hydroxylation is 2. The fraction of sp³-hybridized carbons (Fsp3) is 0.391. The molecule has 5 heteroatoms. The predicted octanol–water partition coefficient (Wildman–Crippen LogP) is 4.34. The van der Waals surface area contributed by atoms with E-state index in [0.717, 1.165) is 37.1 Å². The number of carbonyl (C=O) groups excluding carboxylic acids is 2. The van der Waals surface area contributed by atoms with Crippen molar-refractivity contribution in [3.05, 3.63) is 59.2 Å². The zero-order valence-electron chi connectivity index (χ0n) is 16.8. The van der Waals surface area contributed by atoms with Gasteiger partial charge >= 0.3 is 0 Å². The first-order chi connectivity index (χ1) is 13.5. The van der Waals surface area contributed by atoms with Crippen molar-refractivity contribution >= 4 is 17.5 Å². The van der Waals surface area contributed by atoms with E-state index in [1.165, 1.54) is 0 Å². The van der Waals surface area contributed by atoms with Crippen LogP contribution in [0.3, 0.4) is 0 Å². The second-order valence-corrected chi connectivity index (χ2v) is 7.32. The largest absolute Gasteiger partial charge is 0.480 e. The molecule has 2 amide bonds. The molecular formula is C23H28N2O3. The summed E-state index contributed by atoms with van der Waals surface area (Å²) < 4.78 is 6.00. The van der Waals surface area contributed by atoms with Crippen molar-refractivity contribution < 1.29 is 14.3 Å². The van der Waals surface area contributed by atoms with Gasteiger partial charge in [-0.1, -0.05) is 31.2 Å². The fourth-order valence-corrected chi connectivity index (χ4v) is 3.39. The molecule has 1 saturated heterocycles. The third-order valence-electron chi connectivity index (χ3n) is 5.08. The van der Waals surface area contributed by atoms with Crippen LogP contribution in [-0.2, 0) is 4.79 Å². The van der Waals surface area contributed by atoms with E-state index in [-0.39, 0.29) is 11.8 Å². The van der Waals surface area contributed by atoms with Gasteiger partial charge in [0.2, 0.25) is 0 Å². The highest BCUT2D eigenvalue weighted by Crippen LogP contribution is 2.23. The number of hydrogen-bond acceptors (Lipinski definition) is 3. The Hall–Kier alpha value is -2.82. The number of anilines is 1. The Bertz CT molecular complexity index is 857. The SMILES string of the molecule is CC[C@@H](Oc1cc(C)ccc1C)C(=O)Nc1ccccc1C(=O)N1CCCC1. The molecule has 2 aromatic rings. The van der Waals surface area contributed by atoms with Crippen LogP contribution in [0.25, 0.3) is 0 Å². The van der Waals surface area contributed by atoms with E-state index in [2.05, 4.69) is 5.32 Å². The van der Waals surface area contributed by atoms with E-state index in [1.54, 1.807) is 12.1 Å². The normalized spacial score (nSPS) is 14.6. The van der Waals surface area contributed by atoms with E-state index < -0.39 is 6.10 Å². The summed E-state index contributed by atoms with van der Waals surface area (Å²) in [6, 6.07) is 13.1. The van der Waals surface area contributed by atoms with Crippen molar-refractivity contribution in [2.75, 3.05) is 18.4 Å².